The molecule has 0 spiro atoms. The number of anilines is 1. The Hall–Kier alpha value is -1.85. The number of aryl methyl sites for hydroxylation is 1. The first kappa shape index (κ1) is 18.9. The fourth-order valence-corrected chi connectivity index (χ4v) is 3.69. The molecule has 2 heterocycles. The largest absolute Gasteiger partial charge is 0.354 e. The van der Waals surface area contributed by atoms with Gasteiger partial charge in [0.1, 0.15) is 5.82 Å². The van der Waals surface area contributed by atoms with Crippen molar-refractivity contribution < 1.29 is 0 Å². The van der Waals surface area contributed by atoms with E-state index in [4.69, 9.17) is 5.10 Å². The molecule has 1 aliphatic rings. The summed E-state index contributed by atoms with van der Waals surface area (Å²) in [6.45, 7) is 14.1. The van der Waals surface area contributed by atoms with Crippen LogP contribution in [0.4, 0.5) is 5.82 Å². The summed E-state index contributed by atoms with van der Waals surface area (Å²) in [4.78, 5) is 5.06. The molecule has 1 aromatic heterocycles. The molecule has 0 radical (unpaired) electrons. The molecular formula is C21H33N5. The summed E-state index contributed by atoms with van der Waals surface area (Å²) in [7, 11) is 0. The zero-order valence-electron chi connectivity index (χ0n) is 16.5. The van der Waals surface area contributed by atoms with Crippen LogP contribution in [-0.2, 0) is 13.0 Å². The van der Waals surface area contributed by atoms with Crippen LogP contribution in [0.25, 0.3) is 5.69 Å². The van der Waals surface area contributed by atoms with Crippen molar-refractivity contribution in [3.05, 3.63) is 41.6 Å². The summed E-state index contributed by atoms with van der Waals surface area (Å²) in [6, 6.07) is 10.6. The number of aromatic nitrogens is 2. The molecule has 1 aliphatic heterocycles. The van der Waals surface area contributed by atoms with E-state index in [2.05, 4.69) is 70.9 Å². The van der Waals surface area contributed by atoms with Crippen molar-refractivity contribution in [1.29, 1.82) is 0 Å². The summed E-state index contributed by atoms with van der Waals surface area (Å²) < 4.78 is 2.17. The van der Waals surface area contributed by atoms with Crippen molar-refractivity contribution >= 4 is 5.82 Å². The predicted octanol–water partition coefficient (Wildman–Crippen LogP) is 3.08. The van der Waals surface area contributed by atoms with Crippen LogP contribution in [0.2, 0.25) is 0 Å². The Bertz CT molecular complexity index is 671. The first-order valence-corrected chi connectivity index (χ1v) is 10.1. The maximum Gasteiger partial charge on any atom is 0.137 e. The van der Waals surface area contributed by atoms with Gasteiger partial charge in [-0.25, -0.2) is 4.68 Å². The monoisotopic (exact) mass is 355 g/mol. The van der Waals surface area contributed by atoms with Gasteiger partial charge in [0.25, 0.3) is 0 Å². The number of para-hydroxylation sites is 1. The van der Waals surface area contributed by atoms with Gasteiger partial charge in [-0.2, -0.15) is 5.10 Å². The molecule has 5 nitrogen and oxygen atoms in total. The van der Waals surface area contributed by atoms with E-state index in [9.17, 15) is 0 Å². The number of likely N-dealkylation sites (N-methyl/N-ethyl adjacent to an activating group) is 1. The fraction of sp³-hybridized carbons (Fsp3) is 0.571. The first-order valence-electron chi connectivity index (χ1n) is 10.1. The topological polar surface area (TPSA) is 36.3 Å². The van der Waals surface area contributed by atoms with Crippen LogP contribution in [0, 0.1) is 0 Å². The average Bonchev–Trinajstić information content (AvgIpc) is 3.07. The van der Waals surface area contributed by atoms with E-state index >= 15 is 0 Å². The Morgan fingerprint density at radius 2 is 1.73 bits per heavy atom. The Kier molecular flexibility index (Phi) is 6.69. The highest BCUT2D eigenvalue weighted by Crippen LogP contribution is 2.29. The third-order valence-electron chi connectivity index (χ3n) is 5.22. The Labute approximate surface area is 158 Å². The normalized spacial score (nSPS) is 15.6. The number of piperazine rings is 1. The van der Waals surface area contributed by atoms with Gasteiger partial charge in [-0.1, -0.05) is 39.0 Å². The summed E-state index contributed by atoms with van der Waals surface area (Å²) in [5, 5.41) is 8.61. The molecule has 1 N–H and O–H groups in total. The van der Waals surface area contributed by atoms with Crippen molar-refractivity contribution in [3.63, 3.8) is 0 Å². The van der Waals surface area contributed by atoms with Gasteiger partial charge >= 0.3 is 0 Å². The van der Waals surface area contributed by atoms with E-state index in [1.807, 2.05) is 0 Å². The molecular weight excluding hydrogens is 322 g/mol. The van der Waals surface area contributed by atoms with Gasteiger partial charge in [0.2, 0.25) is 0 Å². The van der Waals surface area contributed by atoms with Gasteiger partial charge < -0.3 is 15.1 Å². The average molecular weight is 356 g/mol. The summed E-state index contributed by atoms with van der Waals surface area (Å²) in [6.07, 6.45) is 2.11. The van der Waals surface area contributed by atoms with E-state index in [-0.39, 0.29) is 0 Å². The van der Waals surface area contributed by atoms with Crippen LogP contribution in [-0.4, -0.2) is 53.9 Å². The molecule has 142 valence electrons. The Balaban J connectivity index is 1.98. The van der Waals surface area contributed by atoms with Gasteiger partial charge in [0, 0.05) is 38.3 Å². The van der Waals surface area contributed by atoms with Gasteiger partial charge in [-0.05, 0) is 38.1 Å². The highest BCUT2D eigenvalue weighted by atomic mass is 15.4. The third kappa shape index (κ3) is 4.10. The summed E-state index contributed by atoms with van der Waals surface area (Å²) in [5.74, 6) is 1.28. The van der Waals surface area contributed by atoms with Crippen LogP contribution in [0.3, 0.4) is 0 Å². The van der Waals surface area contributed by atoms with E-state index in [0.717, 1.165) is 64.3 Å². The molecule has 1 saturated heterocycles. The molecule has 5 heteroatoms. The second kappa shape index (κ2) is 9.19. The molecule has 0 aliphatic carbocycles. The summed E-state index contributed by atoms with van der Waals surface area (Å²) in [5.41, 5.74) is 3.73. The lowest BCUT2D eigenvalue weighted by Gasteiger charge is -2.36. The minimum atomic E-state index is 0.896. The molecule has 0 bridgehead atoms. The molecule has 2 aromatic rings. The molecule has 1 aromatic carbocycles. The van der Waals surface area contributed by atoms with Crippen molar-refractivity contribution in [1.82, 2.24) is 20.0 Å². The summed E-state index contributed by atoms with van der Waals surface area (Å²) >= 11 is 0. The lowest BCUT2D eigenvalue weighted by Crippen LogP contribution is -2.47. The van der Waals surface area contributed by atoms with Crippen LogP contribution >= 0.6 is 0 Å². The highest BCUT2D eigenvalue weighted by molar-refractivity contribution is 5.56. The maximum atomic E-state index is 5.01. The second-order valence-corrected chi connectivity index (χ2v) is 6.95. The van der Waals surface area contributed by atoms with Gasteiger partial charge in [0.05, 0.1) is 11.4 Å². The number of benzene rings is 1. The van der Waals surface area contributed by atoms with Crippen LogP contribution < -0.4 is 10.2 Å². The minimum absolute atomic E-state index is 0.896. The van der Waals surface area contributed by atoms with Crippen molar-refractivity contribution in [3.8, 4) is 5.69 Å². The highest BCUT2D eigenvalue weighted by Gasteiger charge is 2.25. The Morgan fingerprint density at radius 1 is 1.00 bits per heavy atom. The number of hydrogen-bond acceptors (Lipinski definition) is 4. The van der Waals surface area contributed by atoms with E-state index in [0.29, 0.717) is 0 Å². The second-order valence-electron chi connectivity index (χ2n) is 6.95. The van der Waals surface area contributed by atoms with Crippen LogP contribution in [0.1, 0.15) is 38.4 Å². The molecule has 0 unspecified atom stereocenters. The third-order valence-corrected chi connectivity index (χ3v) is 5.22. The molecule has 26 heavy (non-hydrogen) atoms. The fourth-order valence-electron chi connectivity index (χ4n) is 3.69. The van der Waals surface area contributed by atoms with E-state index in [1.54, 1.807) is 0 Å². The van der Waals surface area contributed by atoms with E-state index < -0.39 is 0 Å². The smallest absolute Gasteiger partial charge is 0.137 e. The van der Waals surface area contributed by atoms with Gasteiger partial charge in [-0.3, -0.25) is 0 Å². The maximum absolute atomic E-state index is 5.01. The van der Waals surface area contributed by atoms with Crippen molar-refractivity contribution in [2.24, 2.45) is 0 Å². The lowest BCUT2D eigenvalue weighted by atomic mass is 10.1. The van der Waals surface area contributed by atoms with Gasteiger partial charge in [-0.15, -0.1) is 0 Å². The standard InChI is InChI=1S/C21H33N5/c1-4-12-22-17-19-20(5-2)23-26(18-10-8-7-9-11-18)21(19)25-15-13-24(6-3)14-16-25/h7-11,22H,4-6,12-17H2,1-3H3. The zero-order valence-corrected chi connectivity index (χ0v) is 16.5. The molecule has 0 atom stereocenters. The molecule has 3 rings (SSSR count). The molecule has 1 fully saturated rings. The number of rotatable bonds is 8. The van der Waals surface area contributed by atoms with Crippen molar-refractivity contribution in [2.45, 2.75) is 40.2 Å². The van der Waals surface area contributed by atoms with Gasteiger partial charge in [0.15, 0.2) is 0 Å². The Morgan fingerprint density at radius 3 is 2.35 bits per heavy atom. The molecule has 0 amide bonds. The predicted molar refractivity (Wildman–Crippen MR) is 109 cm³/mol. The first-order chi connectivity index (χ1) is 12.8. The van der Waals surface area contributed by atoms with E-state index in [1.165, 1.54) is 17.1 Å². The zero-order chi connectivity index (χ0) is 18.4. The lowest BCUT2D eigenvalue weighted by molar-refractivity contribution is 0.270. The number of hydrogen-bond donors (Lipinski definition) is 1. The minimum Gasteiger partial charge on any atom is -0.354 e. The number of nitrogens with one attached hydrogen (secondary N) is 1. The SMILES string of the molecule is CCCNCc1c(CC)nn(-c2ccccc2)c1N1CCN(CC)CC1. The van der Waals surface area contributed by atoms with Crippen LogP contribution in [0.5, 0.6) is 0 Å². The molecule has 0 saturated carbocycles. The van der Waals surface area contributed by atoms with Crippen LogP contribution in [0.15, 0.2) is 30.3 Å². The quantitative estimate of drug-likeness (QED) is 0.738. The number of nitrogens with zero attached hydrogens (tertiary/aromatic N) is 4. The van der Waals surface area contributed by atoms with Crippen molar-refractivity contribution in [2.75, 3.05) is 44.2 Å².